The van der Waals surface area contributed by atoms with E-state index in [0.717, 1.165) is 24.1 Å². The van der Waals surface area contributed by atoms with Crippen molar-refractivity contribution in [2.75, 3.05) is 24.5 Å². The minimum atomic E-state index is -3.66. The quantitative estimate of drug-likeness (QED) is 0.796. The molecule has 2 heterocycles. The Morgan fingerprint density at radius 1 is 1.23 bits per heavy atom. The second-order valence-corrected chi connectivity index (χ2v) is 8.59. The fraction of sp³-hybridized carbons (Fsp3) is 0.444. The number of nitrogens with zero attached hydrogens (tertiary/aromatic N) is 2. The van der Waals surface area contributed by atoms with Crippen LogP contribution in [0.15, 0.2) is 30.9 Å². The zero-order chi connectivity index (χ0) is 18.9. The standard InChI is InChI=1S/C18H23N3O4S/c1-2-17(22)21-10-3-5-13-11-14(7-8-16(13)21)18(23)20-9-4-6-15(12-20)26(19,24)25/h2,7-8,11,15H,1,3-6,9-10,12H2,(H2,19,24,25). The lowest BCUT2D eigenvalue weighted by Crippen LogP contribution is -2.47. The van der Waals surface area contributed by atoms with Gasteiger partial charge in [-0.15, -0.1) is 0 Å². The van der Waals surface area contributed by atoms with E-state index in [1.54, 1.807) is 28.0 Å². The number of rotatable bonds is 3. The monoisotopic (exact) mass is 377 g/mol. The second-order valence-electron chi connectivity index (χ2n) is 6.75. The van der Waals surface area contributed by atoms with Gasteiger partial charge in [0.1, 0.15) is 0 Å². The maximum atomic E-state index is 12.8. The summed E-state index contributed by atoms with van der Waals surface area (Å²) in [5.74, 6) is -0.356. The molecule has 2 N–H and O–H groups in total. The molecule has 2 aliphatic rings. The molecule has 1 unspecified atom stereocenters. The van der Waals surface area contributed by atoms with Gasteiger partial charge in [-0.25, -0.2) is 13.6 Å². The molecule has 8 heteroatoms. The Morgan fingerprint density at radius 2 is 2.00 bits per heavy atom. The number of amides is 2. The van der Waals surface area contributed by atoms with Crippen molar-refractivity contribution in [3.05, 3.63) is 42.0 Å². The summed E-state index contributed by atoms with van der Waals surface area (Å²) >= 11 is 0. The van der Waals surface area contributed by atoms with Crippen molar-refractivity contribution in [2.24, 2.45) is 5.14 Å². The summed E-state index contributed by atoms with van der Waals surface area (Å²) in [5, 5.41) is 4.54. The van der Waals surface area contributed by atoms with Crippen LogP contribution in [0.5, 0.6) is 0 Å². The highest BCUT2D eigenvalue weighted by Crippen LogP contribution is 2.29. The molecule has 7 nitrogen and oxygen atoms in total. The van der Waals surface area contributed by atoms with Crippen LogP contribution in [0.25, 0.3) is 0 Å². The van der Waals surface area contributed by atoms with E-state index in [0.29, 0.717) is 31.5 Å². The molecule has 140 valence electrons. The number of sulfonamides is 1. The first-order chi connectivity index (χ1) is 12.3. The first-order valence-corrected chi connectivity index (χ1v) is 10.3. The van der Waals surface area contributed by atoms with E-state index in [2.05, 4.69) is 6.58 Å². The minimum absolute atomic E-state index is 0.121. The number of primary sulfonamides is 1. The van der Waals surface area contributed by atoms with Crippen LogP contribution in [-0.4, -0.2) is 50.0 Å². The lowest BCUT2D eigenvalue weighted by Gasteiger charge is -2.32. The van der Waals surface area contributed by atoms with Gasteiger partial charge in [-0.3, -0.25) is 9.59 Å². The summed E-state index contributed by atoms with van der Waals surface area (Å²) in [6, 6.07) is 5.28. The molecule has 0 aliphatic carbocycles. The van der Waals surface area contributed by atoms with E-state index in [-0.39, 0.29) is 18.4 Å². The summed E-state index contributed by atoms with van der Waals surface area (Å²) < 4.78 is 23.2. The van der Waals surface area contributed by atoms with Gasteiger partial charge in [-0.1, -0.05) is 6.58 Å². The summed E-state index contributed by atoms with van der Waals surface area (Å²) in [6.45, 7) is 4.80. The SMILES string of the molecule is C=CC(=O)N1CCCc2cc(C(=O)N3CCCC(S(N)(=O)=O)C3)ccc21. The molecule has 0 bridgehead atoms. The Labute approximate surface area is 153 Å². The average molecular weight is 377 g/mol. The number of benzene rings is 1. The van der Waals surface area contributed by atoms with Crippen LogP contribution in [0.4, 0.5) is 5.69 Å². The molecule has 26 heavy (non-hydrogen) atoms. The fourth-order valence-electron chi connectivity index (χ4n) is 3.64. The number of aryl methyl sites for hydroxylation is 1. The van der Waals surface area contributed by atoms with E-state index in [9.17, 15) is 18.0 Å². The number of anilines is 1. The molecule has 1 fully saturated rings. The normalized spacial score (nSPS) is 20.4. The zero-order valence-corrected chi connectivity index (χ0v) is 15.4. The molecule has 0 aromatic heterocycles. The van der Waals surface area contributed by atoms with Crippen LogP contribution < -0.4 is 10.0 Å². The lowest BCUT2D eigenvalue weighted by atomic mass is 9.98. The third-order valence-corrected chi connectivity index (χ3v) is 6.33. The van der Waals surface area contributed by atoms with Crippen molar-refractivity contribution in [3.8, 4) is 0 Å². The number of nitrogens with two attached hydrogens (primary N) is 1. The molecule has 0 radical (unpaired) electrons. The molecule has 2 aliphatic heterocycles. The average Bonchev–Trinajstić information content (AvgIpc) is 2.65. The number of likely N-dealkylation sites (tertiary alicyclic amines) is 1. The molecule has 1 aromatic rings. The highest BCUT2D eigenvalue weighted by atomic mass is 32.2. The van der Waals surface area contributed by atoms with Crippen molar-refractivity contribution in [3.63, 3.8) is 0 Å². The van der Waals surface area contributed by atoms with Gasteiger partial charge in [-0.05, 0) is 55.5 Å². The number of fused-ring (bicyclic) bond motifs is 1. The van der Waals surface area contributed by atoms with Crippen molar-refractivity contribution in [1.29, 1.82) is 0 Å². The van der Waals surface area contributed by atoms with Crippen molar-refractivity contribution < 1.29 is 18.0 Å². The number of hydrogen-bond donors (Lipinski definition) is 1. The van der Waals surface area contributed by atoms with Gasteiger partial charge >= 0.3 is 0 Å². The third-order valence-electron chi connectivity index (χ3n) is 5.02. The van der Waals surface area contributed by atoms with Gasteiger partial charge in [0.15, 0.2) is 0 Å². The Kier molecular flexibility index (Phi) is 5.15. The zero-order valence-electron chi connectivity index (χ0n) is 14.6. The van der Waals surface area contributed by atoms with Crippen molar-refractivity contribution in [2.45, 2.75) is 30.9 Å². The maximum absolute atomic E-state index is 12.8. The Morgan fingerprint density at radius 3 is 2.69 bits per heavy atom. The Hall–Kier alpha value is -2.19. The van der Waals surface area contributed by atoms with Crippen LogP contribution in [-0.2, 0) is 21.2 Å². The van der Waals surface area contributed by atoms with Crippen LogP contribution in [0.2, 0.25) is 0 Å². The van der Waals surface area contributed by atoms with Crippen LogP contribution in [0, 0.1) is 0 Å². The van der Waals surface area contributed by atoms with Gasteiger partial charge in [0.2, 0.25) is 15.9 Å². The van der Waals surface area contributed by atoms with Gasteiger partial charge in [0.05, 0.1) is 5.25 Å². The maximum Gasteiger partial charge on any atom is 0.253 e. The summed E-state index contributed by atoms with van der Waals surface area (Å²) in [7, 11) is -3.66. The molecule has 2 amide bonds. The summed E-state index contributed by atoms with van der Waals surface area (Å²) in [4.78, 5) is 28.0. The number of hydrogen-bond acceptors (Lipinski definition) is 4. The number of piperidine rings is 1. The van der Waals surface area contributed by atoms with Gasteiger partial charge in [0.25, 0.3) is 5.91 Å². The van der Waals surface area contributed by atoms with E-state index < -0.39 is 15.3 Å². The third kappa shape index (κ3) is 3.66. The highest BCUT2D eigenvalue weighted by Gasteiger charge is 2.31. The molecular weight excluding hydrogens is 354 g/mol. The molecule has 0 spiro atoms. The molecule has 1 atom stereocenters. The predicted molar refractivity (Wildman–Crippen MR) is 99.3 cm³/mol. The topological polar surface area (TPSA) is 101 Å². The molecule has 1 aromatic carbocycles. The highest BCUT2D eigenvalue weighted by molar-refractivity contribution is 7.89. The first-order valence-electron chi connectivity index (χ1n) is 8.69. The van der Waals surface area contributed by atoms with Crippen LogP contribution >= 0.6 is 0 Å². The number of carbonyl (C=O) groups excluding carboxylic acids is 2. The van der Waals surface area contributed by atoms with Gasteiger partial charge in [0, 0.05) is 30.9 Å². The van der Waals surface area contributed by atoms with E-state index in [1.165, 1.54) is 6.08 Å². The number of carbonyl (C=O) groups is 2. The largest absolute Gasteiger partial charge is 0.337 e. The van der Waals surface area contributed by atoms with E-state index >= 15 is 0 Å². The molecule has 3 rings (SSSR count). The first kappa shape index (κ1) is 18.6. The lowest BCUT2D eigenvalue weighted by molar-refractivity contribution is -0.114. The van der Waals surface area contributed by atoms with Crippen molar-refractivity contribution in [1.82, 2.24) is 4.90 Å². The van der Waals surface area contributed by atoms with Gasteiger partial charge < -0.3 is 9.80 Å². The van der Waals surface area contributed by atoms with Crippen LogP contribution in [0.3, 0.4) is 0 Å². The molecule has 0 saturated carbocycles. The fourth-order valence-corrected chi connectivity index (χ4v) is 4.53. The smallest absolute Gasteiger partial charge is 0.253 e. The van der Waals surface area contributed by atoms with E-state index in [4.69, 9.17) is 5.14 Å². The summed E-state index contributed by atoms with van der Waals surface area (Å²) in [5.41, 5.74) is 2.25. The second kappa shape index (κ2) is 7.20. The minimum Gasteiger partial charge on any atom is -0.337 e. The molecule has 1 saturated heterocycles. The van der Waals surface area contributed by atoms with Crippen LogP contribution in [0.1, 0.15) is 35.2 Å². The predicted octanol–water partition coefficient (Wildman–Crippen LogP) is 1.04. The van der Waals surface area contributed by atoms with Gasteiger partial charge in [-0.2, -0.15) is 0 Å². The van der Waals surface area contributed by atoms with E-state index in [1.807, 2.05) is 0 Å². The van der Waals surface area contributed by atoms with Crippen molar-refractivity contribution >= 4 is 27.5 Å². The molecular formula is C18H23N3O4S. The summed E-state index contributed by atoms with van der Waals surface area (Å²) in [6.07, 6.45) is 3.98. The Balaban J connectivity index is 1.83. The Bertz CT molecular complexity index is 850.